The van der Waals surface area contributed by atoms with Crippen LogP contribution in [-0.2, 0) is 4.79 Å². The number of aromatic nitrogens is 1. The molecule has 1 rings (SSSR count). The summed E-state index contributed by atoms with van der Waals surface area (Å²) in [6.45, 7) is 1.37. The summed E-state index contributed by atoms with van der Waals surface area (Å²) in [4.78, 5) is 25.9. The highest BCUT2D eigenvalue weighted by molar-refractivity contribution is 6.30. The molecule has 0 aliphatic rings. The van der Waals surface area contributed by atoms with Gasteiger partial charge in [-0.05, 0) is 12.1 Å². The first-order valence-corrected chi connectivity index (χ1v) is 4.58. The van der Waals surface area contributed by atoms with Gasteiger partial charge < -0.3 is 10.6 Å². The molecule has 15 heavy (non-hydrogen) atoms. The van der Waals surface area contributed by atoms with E-state index in [-0.39, 0.29) is 22.7 Å². The van der Waals surface area contributed by atoms with E-state index >= 15 is 0 Å². The fourth-order valence-electron chi connectivity index (χ4n) is 1.02. The van der Waals surface area contributed by atoms with Crippen molar-refractivity contribution in [3.05, 3.63) is 23.0 Å². The standard InChI is InChI=1S/C9H10ClN3O2/c1-5(14)12-6-3-7(9(15)11-2)13-8(10)4-6/h3-4H,1-2H3,(H,11,15)(H,12,13,14). The van der Waals surface area contributed by atoms with E-state index in [4.69, 9.17) is 11.6 Å². The summed E-state index contributed by atoms with van der Waals surface area (Å²) in [5, 5.41) is 5.09. The first-order valence-electron chi connectivity index (χ1n) is 4.20. The summed E-state index contributed by atoms with van der Waals surface area (Å²) in [6, 6.07) is 2.92. The van der Waals surface area contributed by atoms with Crippen molar-refractivity contribution in [1.82, 2.24) is 10.3 Å². The van der Waals surface area contributed by atoms with Crippen molar-refractivity contribution < 1.29 is 9.59 Å². The van der Waals surface area contributed by atoms with Gasteiger partial charge in [0, 0.05) is 19.7 Å². The van der Waals surface area contributed by atoms with E-state index in [1.54, 1.807) is 0 Å². The Morgan fingerprint density at radius 1 is 1.40 bits per heavy atom. The third kappa shape index (κ3) is 3.21. The SMILES string of the molecule is CNC(=O)c1cc(NC(C)=O)cc(Cl)n1. The van der Waals surface area contributed by atoms with Crippen LogP contribution < -0.4 is 10.6 Å². The van der Waals surface area contributed by atoms with Gasteiger partial charge in [-0.2, -0.15) is 0 Å². The van der Waals surface area contributed by atoms with Gasteiger partial charge in [-0.15, -0.1) is 0 Å². The molecule has 2 N–H and O–H groups in total. The maximum atomic E-state index is 11.3. The van der Waals surface area contributed by atoms with Crippen LogP contribution in [-0.4, -0.2) is 23.8 Å². The molecule has 2 amide bonds. The van der Waals surface area contributed by atoms with E-state index in [1.807, 2.05) is 0 Å². The van der Waals surface area contributed by atoms with Crippen molar-refractivity contribution in [2.24, 2.45) is 0 Å². The number of anilines is 1. The highest BCUT2D eigenvalue weighted by atomic mass is 35.5. The molecule has 5 nitrogen and oxygen atoms in total. The van der Waals surface area contributed by atoms with E-state index in [0.29, 0.717) is 5.69 Å². The molecule has 0 spiro atoms. The largest absolute Gasteiger partial charge is 0.354 e. The summed E-state index contributed by atoms with van der Waals surface area (Å²) >= 11 is 5.69. The predicted molar refractivity (Wildman–Crippen MR) is 56.9 cm³/mol. The fourth-order valence-corrected chi connectivity index (χ4v) is 1.23. The van der Waals surface area contributed by atoms with Gasteiger partial charge in [0.25, 0.3) is 5.91 Å². The van der Waals surface area contributed by atoms with Gasteiger partial charge in [0.1, 0.15) is 10.8 Å². The molecule has 0 aliphatic carbocycles. The number of carbonyl (C=O) groups excluding carboxylic acids is 2. The van der Waals surface area contributed by atoms with E-state index in [9.17, 15) is 9.59 Å². The first-order chi connectivity index (χ1) is 7.02. The molecule has 0 fully saturated rings. The zero-order chi connectivity index (χ0) is 11.4. The molecular weight excluding hydrogens is 218 g/mol. The Morgan fingerprint density at radius 2 is 2.07 bits per heavy atom. The number of hydrogen-bond donors (Lipinski definition) is 2. The number of rotatable bonds is 2. The van der Waals surface area contributed by atoms with Gasteiger partial charge in [-0.1, -0.05) is 11.6 Å². The number of pyridine rings is 1. The number of carbonyl (C=O) groups is 2. The Morgan fingerprint density at radius 3 is 2.60 bits per heavy atom. The fraction of sp³-hybridized carbons (Fsp3) is 0.222. The molecule has 0 saturated heterocycles. The highest BCUT2D eigenvalue weighted by Gasteiger charge is 2.08. The van der Waals surface area contributed by atoms with Crippen LogP contribution in [0.25, 0.3) is 0 Å². The van der Waals surface area contributed by atoms with Gasteiger partial charge in [-0.3, -0.25) is 9.59 Å². The third-order valence-electron chi connectivity index (χ3n) is 1.57. The molecule has 80 valence electrons. The van der Waals surface area contributed by atoms with E-state index in [0.717, 1.165) is 0 Å². The lowest BCUT2D eigenvalue weighted by molar-refractivity contribution is -0.114. The van der Waals surface area contributed by atoms with E-state index < -0.39 is 0 Å². The summed E-state index contributed by atoms with van der Waals surface area (Å²) in [7, 11) is 1.49. The predicted octanol–water partition coefficient (Wildman–Crippen LogP) is 1.05. The van der Waals surface area contributed by atoms with Crippen LogP contribution in [0.3, 0.4) is 0 Å². The zero-order valence-electron chi connectivity index (χ0n) is 8.30. The molecule has 0 saturated carbocycles. The molecule has 1 heterocycles. The van der Waals surface area contributed by atoms with Crippen LogP contribution in [0, 0.1) is 0 Å². The number of nitrogens with one attached hydrogen (secondary N) is 2. The Kier molecular flexibility index (Phi) is 3.62. The molecule has 0 unspecified atom stereocenters. The van der Waals surface area contributed by atoms with Crippen molar-refractivity contribution in [3.63, 3.8) is 0 Å². The Labute approximate surface area is 91.8 Å². The lowest BCUT2D eigenvalue weighted by Gasteiger charge is -2.05. The van der Waals surface area contributed by atoms with Crippen LogP contribution in [0.2, 0.25) is 5.15 Å². The van der Waals surface area contributed by atoms with Gasteiger partial charge in [0.05, 0.1) is 0 Å². The van der Waals surface area contributed by atoms with Gasteiger partial charge in [-0.25, -0.2) is 4.98 Å². The molecule has 1 aromatic heterocycles. The smallest absolute Gasteiger partial charge is 0.269 e. The van der Waals surface area contributed by atoms with Gasteiger partial charge in [0.2, 0.25) is 5.91 Å². The molecule has 0 aromatic carbocycles. The minimum atomic E-state index is -0.357. The number of hydrogen-bond acceptors (Lipinski definition) is 3. The van der Waals surface area contributed by atoms with Crippen molar-refractivity contribution in [1.29, 1.82) is 0 Å². The van der Waals surface area contributed by atoms with Crippen LogP contribution in [0.4, 0.5) is 5.69 Å². The quantitative estimate of drug-likeness (QED) is 0.742. The summed E-state index contributed by atoms with van der Waals surface area (Å²) in [5.74, 6) is -0.593. The maximum Gasteiger partial charge on any atom is 0.269 e. The van der Waals surface area contributed by atoms with E-state index in [1.165, 1.54) is 26.1 Å². The topological polar surface area (TPSA) is 71.1 Å². The van der Waals surface area contributed by atoms with E-state index in [2.05, 4.69) is 15.6 Å². The molecule has 0 radical (unpaired) electrons. The minimum Gasteiger partial charge on any atom is -0.354 e. The monoisotopic (exact) mass is 227 g/mol. The molecule has 0 atom stereocenters. The number of nitrogens with zero attached hydrogens (tertiary/aromatic N) is 1. The lowest BCUT2D eigenvalue weighted by atomic mass is 10.3. The second kappa shape index (κ2) is 4.75. The molecule has 6 heteroatoms. The minimum absolute atomic E-state index is 0.153. The highest BCUT2D eigenvalue weighted by Crippen LogP contribution is 2.15. The van der Waals surface area contributed by atoms with Crippen molar-refractivity contribution in [2.45, 2.75) is 6.92 Å². The van der Waals surface area contributed by atoms with Crippen LogP contribution in [0.15, 0.2) is 12.1 Å². The third-order valence-corrected chi connectivity index (χ3v) is 1.77. The molecular formula is C9H10ClN3O2. The summed E-state index contributed by atoms with van der Waals surface area (Å²) in [5.41, 5.74) is 0.606. The average Bonchev–Trinajstić information content (AvgIpc) is 2.14. The molecule has 1 aromatic rings. The summed E-state index contributed by atoms with van der Waals surface area (Å²) < 4.78 is 0. The molecule has 0 aliphatic heterocycles. The van der Waals surface area contributed by atoms with Crippen molar-refractivity contribution >= 4 is 29.1 Å². The van der Waals surface area contributed by atoms with Gasteiger partial charge in [0.15, 0.2) is 0 Å². The lowest BCUT2D eigenvalue weighted by Crippen LogP contribution is -2.19. The van der Waals surface area contributed by atoms with Crippen molar-refractivity contribution in [3.8, 4) is 0 Å². The first kappa shape index (κ1) is 11.5. The number of halogens is 1. The maximum absolute atomic E-state index is 11.3. The Bertz CT molecular complexity index is 406. The Balaban J connectivity index is 3.04. The second-order valence-electron chi connectivity index (χ2n) is 2.82. The zero-order valence-corrected chi connectivity index (χ0v) is 9.05. The summed E-state index contributed by atoms with van der Waals surface area (Å²) in [6.07, 6.45) is 0. The Hall–Kier alpha value is -1.62. The van der Waals surface area contributed by atoms with Gasteiger partial charge >= 0.3 is 0 Å². The average molecular weight is 228 g/mol. The van der Waals surface area contributed by atoms with Crippen LogP contribution >= 0.6 is 11.6 Å². The number of amides is 2. The normalized spacial score (nSPS) is 9.53. The van der Waals surface area contributed by atoms with Crippen LogP contribution in [0.5, 0.6) is 0 Å². The van der Waals surface area contributed by atoms with Crippen LogP contribution in [0.1, 0.15) is 17.4 Å². The molecule has 0 bridgehead atoms. The van der Waals surface area contributed by atoms with Crippen molar-refractivity contribution in [2.75, 3.05) is 12.4 Å². The second-order valence-corrected chi connectivity index (χ2v) is 3.21.